The second-order valence-electron chi connectivity index (χ2n) is 8.48. The lowest BCUT2D eigenvalue weighted by Gasteiger charge is -2.18. The summed E-state index contributed by atoms with van der Waals surface area (Å²) in [6.07, 6.45) is 1.00. The van der Waals surface area contributed by atoms with Crippen LogP contribution >= 0.6 is 0 Å². The summed E-state index contributed by atoms with van der Waals surface area (Å²) < 4.78 is 5.53. The number of carboxylic acids is 1. The highest BCUT2D eigenvalue weighted by atomic mass is 16.5. The minimum Gasteiger partial charge on any atom is -0.480 e. The fourth-order valence-electron chi connectivity index (χ4n) is 4.59. The first-order chi connectivity index (χ1) is 17.1. The summed E-state index contributed by atoms with van der Waals surface area (Å²) >= 11 is 0. The predicted molar refractivity (Wildman–Crippen MR) is 133 cm³/mol. The summed E-state index contributed by atoms with van der Waals surface area (Å²) in [4.78, 5) is 28.9. The Morgan fingerprint density at radius 2 is 1.51 bits per heavy atom. The van der Waals surface area contributed by atoms with Gasteiger partial charge >= 0.3 is 12.1 Å². The summed E-state index contributed by atoms with van der Waals surface area (Å²) in [5, 5.41) is 12.2. The molecular formula is C29H24N2O4. The molecule has 5 rings (SSSR count). The number of carbonyl (C=O) groups excluding carboxylic acids is 1. The number of carbonyl (C=O) groups is 2. The SMILES string of the molecule is O=C(NC(Cc1ccnc(-c2ccccc2)c1)C(=O)O)OCC1c2ccccc2-c2ccccc21. The number of nitrogens with one attached hydrogen (secondary N) is 1. The van der Waals surface area contributed by atoms with Crippen LogP contribution in [0.2, 0.25) is 0 Å². The Morgan fingerprint density at radius 3 is 2.17 bits per heavy atom. The van der Waals surface area contributed by atoms with E-state index in [0.29, 0.717) is 0 Å². The zero-order valence-corrected chi connectivity index (χ0v) is 18.9. The van der Waals surface area contributed by atoms with E-state index in [1.165, 1.54) is 0 Å². The number of fused-ring (bicyclic) bond motifs is 3. The Balaban J connectivity index is 1.26. The third kappa shape index (κ3) is 4.77. The third-order valence-corrected chi connectivity index (χ3v) is 6.27. The molecule has 2 N–H and O–H groups in total. The van der Waals surface area contributed by atoms with E-state index < -0.39 is 18.1 Å². The highest BCUT2D eigenvalue weighted by Gasteiger charge is 2.29. The quantitative estimate of drug-likeness (QED) is 0.388. The molecule has 0 fully saturated rings. The maximum atomic E-state index is 12.6. The zero-order valence-electron chi connectivity index (χ0n) is 18.9. The van der Waals surface area contributed by atoms with Crippen molar-refractivity contribution in [3.05, 3.63) is 114 Å². The number of alkyl carbamates (subject to hydrolysis) is 1. The van der Waals surface area contributed by atoms with E-state index in [1.807, 2.05) is 72.8 Å². The van der Waals surface area contributed by atoms with Crippen molar-refractivity contribution in [1.29, 1.82) is 0 Å². The Kier molecular flexibility index (Phi) is 6.26. The maximum absolute atomic E-state index is 12.6. The largest absolute Gasteiger partial charge is 0.480 e. The average Bonchev–Trinajstić information content (AvgIpc) is 3.21. The lowest BCUT2D eigenvalue weighted by molar-refractivity contribution is -0.139. The Labute approximate surface area is 203 Å². The number of aliphatic carboxylic acids is 1. The van der Waals surface area contributed by atoms with Crippen molar-refractivity contribution in [2.45, 2.75) is 18.4 Å². The van der Waals surface area contributed by atoms with Gasteiger partial charge in [-0.15, -0.1) is 0 Å². The minimum atomic E-state index is -1.13. The molecule has 0 bridgehead atoms. The van der Waals surface area contributed by atoms with Crippen molar-refractivity contribution in [1.82, 2.24) is 10.3 Å². The van der Waals surface area contributed by atoms with E-state index in [4.69, 9.17) is 4.74 Å². The van der Waals surface area contributed by atoms with E-state index >= 15 is 0 Å². The van der Waals surface area contributed by atoms with Gasteiger partial charge in [-0.25, -0.2) is 9.59 Å². The van der Waals surface area contributed by atoms with Gasteiger partial charge in [-0.05, 0) is 39.9 Å². The number of rotatable bonds is 7. The van der Waals surface area contributed by atoms with E-state index in [-0.39, 0.29) is 18.9 Å². The smallest absolute Gasteiger partial charge is 0.407 e. The Hall–Kier alpha value is -4.45. The molecule has 3 aromatic carbocycles. The molecule has 4 aromatic rings. The van der Waals surface area contributed by atoms with Crippen LogP contribution in [0, 0.1) is 0 Å². The number of carboxylic acid groups (broad SMARTS) is 1. The normalized spacial score (nSPS) is 12.9. The van der Waals surface area contributed by atoms with Gasteiger partial charge in [-0.2, -0.15) is 0 Å². The molecule has 0 spiro atoms. The summed E-state index contributed by atoms with van der Waals surface area (Å²) in [5.41, 5.74) is 6.90. The molecule has 1 heterocycles. The van der Waals surface area contributed by atoms with Crippen LogP contribution in [0.1, 0.15) is 22.6 Å². The van der Waals surface area contributed by atoms with Gasteiger partial charge < -0.3 is 15.2 Å². The number of nitrogens with zero attached hydrogens (tertiary/aromatic N) is 1. The zero-order chi connectivity index (χ0) is 24.2. The molecular weight excluding hydrogens is 440 g/mol. The fourth-order valence-corrected chi connectivity index (χ4v) is 4.59. The molecule has 1 aliphatic rings. The molecule has 1 aliphatic carbocycles. The molecule has 1 unspecified atom stereocenters. The second-order valence-corrected chi connectivity index (χ2v) is 8.48. The number of benzene rings is 3. The summed E-state index contributed by atoms with van der Waals surface area (Å²) in [5.74, 6) is -1.22. The van der Waals surface area contributed by atoms with Crippen molar-refractivity contribution in [3.63, 3.8) is 0 Å². The summed E-state index contributed by atoms with van der Waals surface area (Å²) in [7, 11) is 0. The number of pyridine rings is 1. The Morgan fingerprint density at radius 1 is 0.886 bits per heavy atom. The summed E-state index contributed by atoms with van der Waals surface area (Å²) in [6.45, 7) is 0.125. The first-order valence-corrected chi connectivity index (χ1v) is 11.4. The number of amides is 1. The number of ether oxygens (including phenoxy) is 1. The average molecular weight is 465 g/mol. The molecule has 0 aliphatic heterocycles. The molecule has 0 saturated carbocycles. The standard InChI is InChI=1S/C29H24N2O4/c32-28(33)27(17-19-14-15-30-26(16-19)20-8-2-1-3-9-20)31-29(34)35-18-25-23-12-6-4-10-21(23)22-11-5-7-13-24(22)25/h1-16,25,27H,17-18H2,(H,31,34)(H,32,33). The lowest BCUT2D eigenvalue weighted by Crippen LogP contribution is -2.42. The first-order valence-electron chi connectivity index (χ1n) is 11.4. The Bertz CT molecular complexity index is 1320. The number of hydrogen-bond donors (Lipinski definition) is 2. The van der Waals surface area contributed by atoms with Gasteiger partial charge in [0.1, 0.15) is 12.6 Å². The predicted octanol–water partition coefficient (Wildman–Crippen LogP) is 5.28. The van der Waals surface area contributed by atoms with Crippen LogP contribution in [0.4, 0.5) is 4.79 Å². The molecule has 6 heteroatoms. The fraction of sp³-hybridized carbons (Fsp3) is 0.138. The third-order valence-electron chi connectivity index (χ3n) is 6.27. The van der Waals surface area contributed by atoms with E-state index in [0.717, 1.165) is 39.1 Å². The minimum absolute atomic E-state index is 0.0925. The van der Waals surface area contributed by atoms with Crippen LogP contribution in [-0.2, 0) is 16.0 Å². The maximum Gasteiger partial charge on any atom is 0.407 e. The van der Waals surface area contributed by atoms with Crippen molar-refractivity contribution in [2.75, 3.05) is 6.61 Å². The molecule has 0 saturated heterocycles. The van der Waals surface area contributed by atoms with Crippen LogP contribution in [0.25, 0.3) is 22.4 Å². The van der Waals surface area contributed by atoms with Crippen LogP contribution < -0.4 is 5.32 Å². The van der Waals surface area contributed by atoms with Crippen LogP contribution in [0.15, 0.2) is 97.2 Å². The van der Waals surface area contributed by atoms with Crippen LogP contribution in [-0.4, -0.2) is 34.8 Å². The van der Waals surface area contributed by atoms with E-state index in [1.54, 1.807) is 12.3 Å². The highest BCUT2D eigenvalue weighted by Crippen LogP contribution is 2.44. The van der Waals surface area contributed by atoms with Crippen molar-refractivity contribution in [3.8, 4) is 22.4 Å². The van der Waals surface area contributed by atoms with Gasteiger partial charge in [-0.1, -0.05) is 78.9 Å². The molecule has 0 radical (unpaired) electrons. The monoisotopic (exact) mass is 464 g/mol. The van der Waals surface area contributed by atoms with E-state index in [2.05, 4.69) is 22.4 Å². The van der Waals surface area contributed by atoms with Gasteiger partial charge in [-0.3, -0.25) is 4.98 Å². The van der Waals surface area contributed by atoms with Gasteiger partial charge in [0.05, 0.1) is 5.69 Å². The summed E-state index contributed by atoms with van der Waals surface area (Å²) in [6, 6.07) is 28.2. The number of aromatic nitrogens is 1. The van der Waals surface area contributed by atoms with Crippen molar-refractivity contribution >= 4 is 12.1 Å². The van der Waals surface area contributed by atoms with Gasteiger partial charge in [0, 0.05) is 24.1 Å². The molecule has 6 nitrogen and oxygen atoms in total. The molecule has 174 valence electrons. The van der Waals surface area contributed by atoms with Crippen LogP contribution in [0.5, 0.6) is 0 Å². The highest BCUT2D eigenvalue weighted by molar-refractivity contribution is 5.81. The van der Waals surface area contributed by atoms with Crippen LogP contribution in [0.3, 0.4) is 0 Å². The lowest BCUT2D eigenvalue weighted by atomic mass is 9.98. The van der Waals surface area contributed by atoms with Crippen molar-refractivity contribution in [2.24, 2.45) is 0 Å². The van der Waals surface area contributed by atoms with E-state index in [9.17, 15) is 14.7 Å². The number of hydrogen-bond acceptors (Lipinski definition) is 4. The topological polar surface area (TPSA) is 88.5 Å². The van der Waals surface area contributed by atoms with Gasteiger partial charge in [0.15, 0.2) is 0 Å². The van der Waals surface area contributed by atoms with Gasteiger partial charge in [0.25, 0.3) is 0 Å². The molecule has 1 aromatic heterocycles. The molecule has 35 heavy (non-hydrogen) atoms. The first kappa shape index (κ1) is 22.3. The molecule has 1 amide bonds. The van der Waals surface area contributed by atoms with Crippen molar-refractivity contribution < 1.29 is 19.4 Å². The van der Waals surface area contributed by atoms with Gasteiger partial charge in [0.2, 0.25) is 0 Å². The second kappa shape index (κ2) is 9.81. The molecule has 1 atom stereocenters.